The van der Waals surface area contributed by atoms with E-state index in [1.807, 2.05) is 0 Å². The zero-order valence-electron chi connectivity index (χ0n) is 12.3. The Morgan fingerprint density at radius 2 is 1.90 bits per heavy atom. The maximum atomic E-state index is 11.3. The molecule has 6 nitrogen and oxygen atoms in total. The maximum absolute atomic E-state index is 11.3. The molecule has 0 fully saturated rings. The molecule has 0 aliphatic heterocycles. The molecule has 0 amide bonds. The summed E-state index contributed by atoms with van der Waals surface area (Å²) in [6.07, 6.45) is 1.19. The number of hydrogen-bond acceptors (Lipinski definition) is 5. The molecule has 0 saturated heterocycles. The first kappa shape index (κ1) is 20.1. The van der Waals surface area contributed by atoms with E-state index < -0.39 is 18.0 Å². The zero-order chi connectivity index (χ0) is 15.1. The van der Waals surface area contributed by atoms with Crippen molar-refractivity contribution in [2.24, 2.45) is 0 Å². The van der Waals surface area contributed by atoms with Gasteiger partial charge in [0.2, 0.25) is 0 Å². The van der Waals surface area contributed by atoms with Gasteiger partial charge in [-0.25, -0.2) is 9.59 Å². The van der Waals surface area contributed by atoms with Gasteiger partial charge in [-0.1, -0.05) is 12.1 Å². The number of hydrogen-bond donors (Lipinski definition) is 3. The molecule has 1 radical (unpaired) electrons. The van der Waals surface area contributed by atoms with Crippen LogP contribution in [0.3, 0.4) is 0 Å². The number of carbonyl (C=O) groups excluding carboxylic acids is 1. The van der Waals surface area contributed by atoms with E-state index in [0.29, 0.717) is 11.3 Å². The van der Waals surface area contributed by atoms with Gasteiger partial charge in [-0.3, -0.25) is 0 Å². The Bertz CT molecular complexity index is 513. The van der Waals surface area contributed by atoms with Crippen LogP contribution >= 0.6 is 0 Å². The van der Waals surface area contributed by atoms with E-state index in [-0.39, 0.29) is 63.7 Å². The van der Waals surface area contributed by atoms with E-state index in [9.17, 15) is 19.8 Å². The molecule has 0 aliphatic carbocycles. The number of carbonyl (C=O) groups is 2. The van der Waals surface area contributed by atoms with Crippen molar-refractivity contribution < 1.29 is 24.5 Å². The van der Waals surface area contributed by atoms with Crippen molar-refractivity contribution in [2.75, 3.05) is 6.61 Å². The average Bonchev–Trinajstić information content (AvgIpc) is 2.37. The Hall–Kier alpha value is -0.864. The van der Waals surface area contributed by atoms with Gasteiger partial charge in [-0.15, -0.1) is 0 Å². The summed E-state index contributed by atoms with van der Waals surface area (Å²) in [6, 6.07) is 4.79. The minimum Gasteiger partial charge on any atom is -0.508 e. The van der Waals surface area contributed by atoms with Crippen LogP contribution in [0, 0.1) is 0 Å². The van der Waals surface area contributed by atoms with Crippen molar-refractivity contribution in [1.29, 1.82) is 0 Å². The number of carboxylic acid groups (broad SMARTS) is 1. The number of aliphatic carboxylic acids is 1. The van der Waals surface area contributed by atoms with Crippen molar-refractivity contribution in [3.8, 4) is 5.75 Å². The molecule has 0 heterocycles. The third kappa shape index (κ3) is 7.10. The largest absolute Gasteiger partial charge is 0.508 e. The SMILES string of the molecule is CCOC(=O)C=C(C)N[C@@H](C(=O)O)c1ccc(O)cc1.[K]. The zero-order valence-corrected chi connectivity index (χ0v) is 15.4. The summed E-state index contributed by atoms with van der Waals surface area (Å²) in [5, 5.41) is 21.1. The van der Waals surface area contributed by atoms with Crippen molar-refractivity contribution >= 4 is 63.3 Å². The second-order valence-electron chi connectivity index (χ2n) is 4.09. The Labute approximate surface area is 165 Å². The molecule has 1 rings (SSSR count). The van der Waals surface area contributed by atoms with E-state index in [0.717, 1.165) is 0 Å². The second-order valence-corrected chi connectivity index (χ2v) is 4.09. The van der Waals surface area contributed by atoms with E-state index >= 15 is 0 Å². The maximum Gasteiger partial charge on any atom is 0.332 e. The topological polar surface area (TPSA) is 95.9 Å². The first-order chi connectivity index (χ1) is 9.43. The molecular weight excluding hydrogens is 301 g/mol. The first-order valence-electron chi connectivity index (χ1n) is 6.07. The third-order valence-electron chi connectivity index (χ3n) is 2.47. The Balaban J connectivity index is 0.00000400. The molecule has 7 heteroatoms. The molecule has 21 heavy (non-hydrogen) atoms. The number of aromatic hydroxyl groups is 1. The van der Waals surface area contributed by atoms with E-state index in [4.69, 9.17) is 4.74 Å². The third-order valence-corrected chi connectivity index (χ3v) is 2.47. The fraction of sp³-hybridized carbons (Fsp3) is 0.286. The Kier molecular flexibility index (Phi) is 9.55. The molecule has 1 aromatic rings. The number of benzene rings is 1. The normalized spacial score (nSPS) is 12.0. The summed E-state index contributed by atoms with van der Waals surface area (Å²) in [4.78, 5) is 22.5. The molecule has 1 atom stereocenters. The van der Waals surface area contributed by atoms with Gasteiger partial charge in [0.1, 0.15) is 11.8 Å². The standard InChI is InChI=1S/C14H17NO5.K/c1-3-20-12(17)8-9(2)15-13(14(18)19)10-4-6-11(16)7-5-10;/h4-8,13,15-16H,3H2,1-2H3,(H,18,19);/t13-;/m1./s1. The number of phenols is 1. The van der Waals surface area contributed by atoms with Crippen LogP contribution < -0.4 is 5.32 Å². The summed E-state index contributed by atoms with van der Waals surface area (Å²) < 4.78 is 4.74. The predicted octanol–water partition coefficient (Wildman–Crippen LogP) is 1.19. The first-order valence-corrected chi connectivity index (χ1v) is 6.07. The van der Waals surface area contributed by atoms with Crippen LogP contribution in [0.2, 0.25) is 0 Å². The summed E-state index contributed by atoms with van der Waals surface area (Å²) in [7, 11) is 0. The van der Waals surface area contributed by atoms with E-state index in [1.165, 1.54) is 30.3 Å². The number of nitrogens with one attached hydrogen (secondary N) is 1. The number of carboxylic acids is 1. The van der Waals surface area contributed by atoms with Crippen LogP contribution in [-0.4, -0.2) is 80.1 Å². The quantitative estimate of drug-likeness (QED) is 0.414. The number of phenolic OH excluding ortho intramolecular Hbond substituents is 1. The molecule has 0 aliphatic rings. The molecule has 0 bridgehead atoms. The fourth-order valence-electron chi connectivity index (χ4n) is 1.58. The summed E-state index contributed by atoms with van der Waals surface area (Å²) in [5.74, 6) is -1.57. The second kappa shape index (κ2) is 9.96. The molecule has 0 spiro atoms. The minimum atomic E-state index is -1.09. The van der Waals surface area contributed by atoms with Gasteiger partial charge in [0.15, 0.2) is 0 Å². The van der Waals surface area contributed by atoms with Crippen LogP contribution in [0.5, 0.6) is 5.75 Å². The average molecular weight is 318 g/mol. The van der Waals surface area contributed by atoms with Crippen molar-refractivity contribution in [1.82, 2.24) is 5.32 Å². The van der Waals surface area contributed by atoms with Crippen LogP contribution in [-0.2, 0) is 14.3 Å². The van der Waals surface area contributed by atoms with Crippen molar-refractivity contribution in [2.45, 2.75) is 19.9 Å². The van der Waals surface area contributed by atoms with Gasteiger partial charge in [0.05, 0.1) is 6.61 Å². The minimum absolute atomic E-state index is 0. The summed E-state index contributed by atoms with van der Waals surface area (Å²) >= 11 is 0. The van der Waals surface area contributed by atoms with Crippen LogP contribution in [0.1, 0.15) is 25.5 Å². The van der Waals surface area contributed by atoms with Crippen molar-refractivity contribution in [3.05, 3.63) is 41.6 Å². The molecule has 3 N–H and O–H groups in total. The number of esters is 1. The Morgan fingerprint density at radius 3 is 2.38 bits per heavy atom. The van der Waals surface area contributed by atoms with E-state index in [1.54, 1.807) is 13.8 Å². The van der Waals surface area contributed by atoms with Crippen LogP contribution in [0.25, 0.3) is 0 Å². The van der Waals surface area contributed by atoms with Crippen LogP contribution in [0.4, 0.5) is 0 Å². The molecule has 0 aromatic heterocycles. The molecular formula is C14H17KNO5. The smallest absolute Gasteiger partial charge is 0.332 e. The molecule has 1 aromatic carbocycles. The number of allylic oxidation sites excluding steroid dienone is 1. The summed E-state index contributed by atoms with van der Waals surface area (Å²) in [5.41, 5.74) is 0.843. The van der Waals surface area contributed by atoms with Gasteiger partial charge < -0.3 is 20.3 Å². The van der Waals surface area contributed by atoms with Gasteiger partial charge in [0.25, 0.3) is 0 Å². The van der Waals surface area contributed by atoms with Gasteiger partial charge >= 0.3 is 11.9 Å². The monoisotopic (exact) mass is 318 g/mol. The Morgan fingerprint density at radius 1 is 1.33 bits per heavy atom. The van der Waals surface area contributed by atoms with Gasteiger partial charge in [-0.2, -0.15) is 0 Å². The van der Waals surface area contributed by atoms with Gasteiger partial charge in [0, 0.05) is 63.2 Å². The predicted molar refractivity (Wildman–Crippen MR) is 77.8 cm³/mol. The molecule has 0 saturated carbocycles. The fourth-order valence-corrected chi connectivity index (χ4v) is 1.58. The van der Waals surface area contributed by atoms with Gasteiger partial charge in [-0.05, 0) is 31.5 Å². The number of rotatable bonds is 6. The van der Waals surface area contributed by atoms with Crippen molar-refractivity contribution in [3.63, 3.8) is 0 Å². The molecule has 109 valence electrons. The van der Waals surface area contributed by atoms with E-state index in [2.05, 4.69) is 5.32 Å². The summed E-state index contributed by atoms with van der Waals surface area (Å²) in [6.45, 7) is 3.52. The van der Waals surface area contributed by atoms with Crippen LogP contribution in [0.15, 0.2) is 36.0 Å². The molecule has 0 unspecified atom stereocenters. The number of ether oxygens (including phenoxy) is 1.